The molecule has 0 radical (unpaired) electrons. The van der Waals surface area contributed by atoms with Gasteiger partial charge in [-0.3, -0.25) is 0 Å². The van der Waals surface area contributed by atoms with Gasteiger partial charge in [0.2, 0.25) is 0 Å². The lowest BCUT2D eigenvalue weighted by atomic mass is 10.0. The van der Waals surface area contributed by atoms with Crippen LogP contribution in [0.2, 0.25) is 0 Å². The van der Waals surface area contributed by atoms with Gasteiger partial charge in [0.15, 0.2) is 22.3 Å². The predicted molar refractivity (Wildman–Crippen MR) is 137 cm³/mol. The van der Waals surface area contributed by atoms with Crippen LogP contribution in [0.5, 0.6) is 0 Å². The van der Waals surface area contributed by atoms with Crippen molar-refractivity contribution in [2.75, 3.05) is 63.9 Å². The first-order valence-corrected chi connectivity index (χ1v) is 11.9. The van der Waals surface area contributed by atoms with Gasteiger partial charge in [-0.1, -0.05) is 0 Å². The monoisotopic (exact) mass is 534 g/mol. The molecular formula is C21H34N4O8S2. The van der Waals surface area contributed by atoms with E-state index in [0.29, 0.717) is 36.6 Å². The number of thiocarbonyl (C=S) groups is 2. The molecule has 0 aromatic heterocycles. The average Bonchev–Trinajstić information content (AvgIpc) is 2.84. The Morgan fingerprint density at radius 3 is 2.17 bits per heavy atom. The number of hydrogen-bond acceptors (Lipinski definition) is 10. The molecule has 1 saturated heterocycles. The quantitative estimate of drug-likeness (QED) is 0.116. The summed E-state index contributed by atoms with van der Waals surface area (Å²) in [4.78, 5) is 0. The van der Waals surface area contributed by atoms with Gasteiger partial charge < -0.3 is 60.6 Å². The Hall–Kier alpha value is -1.72. The molecule has 0 bridgehead atoms. The molecule has 14 heteroatoms. The number of benzene rings is 1. The largest absolute Gasteiger partial charge is 0.391 e. The van der Waals surface area contributed by atoms with Gasteiger partial charge in [-0.2, -0.15) is 0 Å². The second-order valence-electron chi connectivity index (χ2n) is 7.61. The first-order chi connectivity index (χ1) is 16.8. The highest BCUT2D eigenvalue weighted by Crippen LogP contribution is 2.27. The maximum absolute atomic E-state index is 9.94. The molecule has 1 aromatic carbocycles. The van der Waals surface area contributed by atoms with Crippen molar-refractivity contribution in [2.24, 2.45) is 0 Å². The lowest BCUT2D eigenvalue weighted by Crippen LogP contribution is -2.57. The summed E-state index contributed by atoms with van der Waals surface area (Å²) in [6.07, 6.45) is -4.20. The van der Waals surface area contributed by atoms with E-state index in [9.17, 15) is 15.3 Å². The van der Waals surface area contributed by atoms with Gasteiger partial charge in [0, 0.05) is 31.4 Å². The van der Waals surface area contributed by atoms with Gasteiger partial charge in [-0.15, -0.1) is 0 Å². The van der Waals surface area contributed by atoms with Crippen LogP contribution in [0.25, 0.3) is 0 Å². The highest BCUT2D eigenvalue weighted by molar-refractivity contribution is 7.80. The molecule has 12 nitrogen and oxygen atoms in total. The maximum atomic E-state index is 9.94. The molecule has 0 aliphatic carbocycles. The molecule has 0 amide bonds. The van der Waals surface area contributed by atoms with Crippen LogP contribution in [-0.2, 0) is 18.9 Å². The summed E-state index contributed by atoms with van der Waals surface area (Å²) >= 11 is 10.3. The third-order valence-corrected chi connectivity index (χ3v) is 5.38. The topological polar surface area (TPSA) is 166 Å². The molecule has 4 atom stereocenters. The van der Waals surface area contributed by atoms with Gasteiger partial charge in [-0.05, 0) is 48.7 Å². The number of rotatable bonds is 13. The molecule has 198 valence electrons. The highest BCUT2D eigenvalue weighted by atomic mass is 32.1. The van der Waals surface area contributed by atoms with E-state index < -0.39 is 30.9 Å². The number of ether oxygens (including phenoxy) is 4. The van der Waals surface area contributed by atoms with E-state index in [2.05, 4.69) is 21.3 Å². The third kappa shape index (κ3) is 10.8. The van der Waals surface area contributed by atoms with Crippen molar-refractivity contribution >= 4 is 46.0 Å². The van der Waals surface area contributed by atoms with Crippen molar-refractivity contribution < 1.29 is 39.4 Å². The van der Waals surface area contributed by atoms with E-state index in [1.807, 2.05) is 24.3 Å². The zero-order chi connectivity index (χ0) is 25.7. The SMILES string of the molecule is CNC(=S)Nc1ccc(NC(=S)NCCOCCOCCO[C@H]2OC(O)(CO)CC(O)C2O)cc1. The lowest BCUT2D eigenvalue weighted by Gasteiger charge is -2.41. The second kappa shape index (κ2) is 15.4. The summed E-state index contributed by atoms with van der Waals surface area (Å²) in [6, 6.07) is 7.51. The first kappa shape index (κ1) is 29.5. The fourth-order valence-corrected chi connectivity index (χ4v) is 3.32. The van der Waals surface area contributed by atoms with Crippen LogP contribution in [0.4, 0.5) is 11.4 Å². The number of hydrogen-bond donors (Lipinski definition) is 8. The standard InChI is InChI=1S/C21H34N4O8S2/c1-22-19(34)24-14-2-4-15(5-3-14)25-20(35)23-6-7-30-8-9-31-10-11-32-18-17(28)16(27)12-21(29,13-26)33-18/h2-5,16-18,26-29H,6-13H2,1H3,(H2,22,24,34)(H2,23,25,35)/t16?,17?,18-,21?/m0/s1. The van der Waals surface area contributed by atoms with Crippen LogP contribution in [0.3, 0.4) is 0 Å². The van der Waals surface area contributed by atoms with Crippen molar-refractivity contribution in [3.8, 4) is 0 Å². The fraction of sp³-hybridized carbons (Fsp3) is 0.619. The molecule has 0 spiro atoms. The minimum Gasteiger partial charge on any atom is -0.391 e. The summed E-state index contributed by atoms with van der Waals surface area (Å²) in [5.74, 6) is -1.95. The Kier molecular flexibility index (Phi) is 13.0. The maximum Gasteiger partial charge on any atom is 0.194 e. The minimum atomic E-state index is -1.95. The number of anilines is 2. The molecule has 2 rings (SSSR count). The third-order valence-electron chi connectivity index (χ3n) is 4.83. The number of aliphatic hydroxyl groups excluding tert-OH is 3. The lowest BCUT2D eigenvalue weighted by molar-refractivity contribution is -0.365. The van der Waals surface area contributed by atoms with Gasteiger partial charge in [-0.25, -0.2) is 0 Å². The molecule has 1 aliphatic rings. The molecule has 35 heavy (non-hydrogen) atoms. The highest BCUT2D eigenvalue weighted by Gasteiger charge is 2.45. The van der Waals surface area contributed by atoms with Crippen LogP contribution >= 0.6 is 24.4 Å². The first-order valence-electron chi connectivity index (χ1n) is 11.0. The molecule has 1 aromatic rings. The molecule has 0 saturated carbocycles. The summed E-state index contributed by atoms with van der Waals surface area (Å²) in [6.45, 7) is 1.13. The van der Waals surface area contributed by atoms with Gasteiger partial charge in [0.25, 0.3) is 0 Å². The van der Waals surface area contributed by atoms with E-state index >= 15 is 0 Å². The minimum absolute atomic E-state index is 0.0522. The van der Waals surface area contributed by atoms with E-state index in [-0.39, 0.29) is 19.6 Å². The molecule has 1 aliphatic heterocycles. The van der Waals surface area contributed by atoms with E-state index in [4.69, 9.17) is 48.5 Å². The van der Waals surface area contributed by atoms with Gasteiger partial charge >= 0.3 is 0 Å². The zero-order valence-corrected chi connectivity index (χ0v) is 21.1. The molecule has 8 N–H and O–H groups in total. The van der Waals surface area contributed by atoms with Crippen molar-refractivity contribution in [2.45, 2.75) is 30.7 Å². The zero-order valence-electron chi connectivity index (χ0n) is 19.4. The van der Waals surface area contributed by atoms with Crippen LogP contribution in [-0.4, -0.2) is 108 Å². The summed E-state index contributed by atoms with van der Waals surface area (Å²) < 4.78 is 21.3. The van der Waals surface area contributed by atoms with Crippen LogP contribution < -0.4 is 21.3 Å². The summed E-state index contributed by atoms with van der Waals surface area (Å²) in [7, 11) is 1.75. The smallest absolute Gasteiger partial charge is 0.194 e. The van der Waals surface area contributed by atoms with Crippen molar-refractivity contribution in [1.29, 1.82) is 0 Å². The van der Waals surface area contributed by atoms with Crippen LogP contribution in [0.1, 0.15) is 6.42 Å². The second-order valence-corrected chi connectivity index (χ2v) is 8.43. The Labute approximate surface area is 214 Å². The van der Waals surface area contributed by atoms with Crippen LogP contribution in [0.15, 0.2) is 24.3 Å². The van der Waals surface area contributed by atoms with Gasteiger partial charge in [0.05, 0.1) is 45.7 Å². The van der Waals surface area contributed by atoms with Gasteiger partial charge in [0.1, 0.15) is 6.10 Å². The normalized spacial score (nSPS) is 24.0. The molecule has 1 fully saturated rings. The Bertz CT molecular complexity index is 791. The summed E-state index contributed by atoms with van der Waals surface area (Å²) in [5, 5.41) is 51.7. The van der Waals surface area contributed by atoms with Crippen molar-refractivity contribution in [3.05, 3.63) is 24.3 Å². The Morgan fingerprint density at radius 1 is 1.00 bits per heavy atom. The van der Waals surface area contributed by atoms with Crippen molar-refractivity contribution in [1.82, 2.24) is 10.6 Å². The Morgan fingerprint density at radius 2 is 1.57 bits per heavy atom. The Balaban J connectivity index is 1.48. The summed E-state index contributed by atoms with van der Waals surface area (Å²) in [5.41, 5.74) is 1.70. The molecule has 1 heterocycles. The fourth-order valence-electron chi connectivity index (χ4n) is 2.99. The number of nitrogens with one attached hydrogen (secondary N) is 4. The average molecular weight is 535 g/mol. The number of aliphatic hydroxyl groups is 4. The van der Waals surface area contributed by atoms with Crippen molar-refractivity contribution in [3.63, 3.8) is 0 Å². The van der Waals surface area contributed by atoms with E-state index in [0.717, 1.165) is 11.4 Å². The molecule has 3 unspecified atom stereocenters. The molecular weight excluding hydrogens is 500 g/mol. The van der Waals surface area contributed by atoms with E-state index in [1.54, 1.807) is 7.05 Å². The van der Waals surface area contributed by atoms with Crippen LogP contribution in [0, 0.1) is 0 Å². The van der Waals surface area contributed by atoms with E-state index in [1.165, 1.54) is 0 Å². The predicted octanol–water partition coefficient (Wildman–Crippen LogP) is -0.912.